The Morgan fingerprint density at radius 3 is 2.19 bits per heavy atom. The third-order valence-corrected chi connectivity index (χ3v) is 5.94. The molecule has 2 N–H and O–H groups in total. The molecule has 2 heterocycles. The summed E-state index contributed by atoms with van der Waals surface area (Å²) >= 11 is 0. The Hall–Kier alpha value is -4.86. The van der Waals surface area contributed by atoms with E-state index in [0.717, 1.165) is 56.6 Å². The monoisotopic (exact) mass is 600 g/mol. The van der Waals surface area contributed by atoms with Gasteiger partial charge in [-0.3, -0.25) is 14.3 Å². The summed E-state index contributed by atoms with van der Waals surface area (Å²) in [7, 11) is 2.13. The van der Waals surface area contributed by atoms with E-state index >= 15 is 8.78 Å². The van der Waals surface area contributed by atoms with E-state index in [1.807, 2.05) is 0 Å². The van der Waals surface area contributed by atoms with Crippen LogP contribution in [-0.4, -0.2) is 39.1 Å². The number of halogens is 7. The van der Waals surface area contributed by atoms with Crippen molar-refractivity contribution >= 4 is 11.6 Å². The quantitative estimate of drug-likeness (QED) is 0.279. The number of hydrogen-bond donors (Lipinski definition) is 2. The number of amides is 1. The zero-order valence-electron chi connectivity index (χ0n) is 21.5. The summed E-state index contributed by atoms with van der Waals surface area (Å²) in [6, 6.07) is 7.02. The molecule has 2 aromatic carbocycles. The van der Waals surface area contributed by atoms with Gasteiger partial charge in [-0.05, 0) is 36.4 Å². The van der Waals surface area contributed by atoms with Gasteiger partial charge in [0.15, 0.2) is 5.82 Å². The fourth-order valence-corrected chi connectivity index (χ4v) is 4.07. The molecular formula is C26H19F7N4O5. The van der Waals surface area contributed by atoms with Gasteiger partial charge in [0.1, 0.15) is 40.1 Å². The van der Waals surface area contributed by atoms with Crippen LogP contribution in [0.3, 0.4) is 0 Å². The number of aliphatic hydroxyl groups excluding tert-OH is 1. The second-order valence-corrected chi connectivity index (χ2v) is 8.52. The summed E-state index contributed by atoms with van der Waals surface area (Å²) in [5.74, 6) is -5.29. The molecule has 0 aliphatic heterocycles. The molecule has 16 heteroatoms. The van der Waals surface area contributed by atoms with Crippen LogP contribution in [0.4, 0.5) is 36.4 Å². The van der Waals surface area contributed by atoms with Gasteiger partial charge in [-0.25, -0.2) is 13.8 Å². The van der Waals surface area contributed by atoms with Gasteiger partial charge in [0.2, 0.25) is 0 Å². The number of aromatic nitrogens is 3. The number of benzene rings is 2. The zero-order chi connectivity index (χ0) is 30.9. The molecular weight excluding hydrogens is 581 g/mol. The van der Waals surface area contributed by atoms with Crippen LogP contribution in [0, 0.1) is 11.6 Å². The van der Waals surface area contributed by atoms with Gasteiger partial charge >= 0.3 is 12.8 Å². The lowest BCUT2D eigenvalue weighted by atomic mass is 10.1. The van der Waals surface area contributed by atoms with E-state index in [1.54, 1.807) is 0 Å². The number of pyridine rings is 1. The van der Waals surface area contributed by atoms with Crippen molar-refractivity contribution < 1.29 is 50.1 Å². The lowest BCUT2D eigenvalue weighted by Gasteiger charge is -2.16. The maximum Gasteiger partial charge on any atom is 0.420 e. The number of carbonyl (C=O) groups excluding carboxylic acids is 1. The number of hydrogen-bond acceptors (Lipinski definition) is 6. The SMILES string of the molecule is COc1cc(F)c(-c2c(NC(=O)c3ccc(OC(F)F)cc3)c(=O)n(-c3nc(CO)ccc3C(F)(F)F)n2C)c(F)c1. The van der Waals surface area contributed by atoms with Crippen LogP contribution < -0.4 is 20.3 Å². The number of aliphatic hydroxyl groups is 1. The molecule has 0 saturated carbocycles. The van der Waals surface area contributed by atoms with Gasteiger partial charge in [-0.2, -0.15) is 26.6 Å². The molecule has 222 valence electrons. The molecule has 0 atom stereocenters. The van der Waals surface area contributed by atoms with Crippen molar-refractivity contribution in [1.82, 2.24) is 14.3 Å². The first-order chi connectivity index (χ1) is 19.8. The smallest absolute Gasteiger partial charge is 0.420 e. The fourth-order valence-electron chi connectivity index (χ4n) is 4.07. The minimum atomic E-state index is -5.07. The third kappa shape index (κ3) is 5.79. The van der Waals surface area contributed by atoms with Crippen molar-refractivity contribution in [2.24, 2.45) is 7.05 Å². The third-order valence-electron chi connectivity index (χ3n) is 5.94. The van der Waals surface area contributed by atoms with E-state index in [1.165, 1.54) is 0 Å². The predicted octanol–water partition coefficient (Wildman–Crippen LogP) is 4.89. The van der Waals surface area contributed by atoms with Crippen LogP contribution in [0.5, 0.6) is 11.5 Å². The summed E-state index contributed by atoms with van der Waals surface area (Å²) in [4.78, 5) is 30.4. The normalized spacial score (nSPS) is 11.6. The van der Waals surface area contributed by atoms with Crippen LogP contribution in [0.2, 0.25) is 0 Å². The second-order valence-electron chi connectivity index (χ2n) is 8.52. The Morgan fingerprint density at radius 2 is 1.67 bits per heavy atom. The fraction of sp³-hybridized carbons (Fsp3) is 0.192. The topological polar surface area (TPSA) is 108 Å². The highest BCUT2D eigenvalue weighted by atomic mass is 19.4. The van der Waals surface area contributed by atoms with E-state index in [9.17, 15) is 36.6 Å². The molecule has 0 spiro atoms. The van der Waals surface area contributed by atoms with Gasteiger partial charge in [0.05, 0.1) is 25.0 Å². The van der Waals surface area contributed by atoms with Crippen molar-refractivity contribution in [2.75, 3.05) is 12.4 Å². The summed E-state index contributed by atoms with van der Waals surface area (Å²) in [6.45, 7) is -3.96. The Labute approximate surface area is 231 Å². The highest BCUT2D eigenvalue weighted by Gasteiger charge is 2.37. The molecule has 0 unspecified atom stereocenters. The maximum atomic E-state index is 15.2. The number of methoxy groups -OCH3 is 1. The van der Waals surface area contributed by atoms with Crippen molar-refractivity contribution in [3.63, 3.8) is 0 Å². The van der Waals surface area contributed by atoms with Crippen LogP contribution in [0.1, 0.15) is 21.6 Å². The molecule has 9 nitrogen and oxygen atoms in total. The highest BCUT2D eigenvalue weighted by Crippen LogP contribution is 2.37. The van der Waals surface area contributed by atoms with E-state index in [0.29, 0.717) is 15.4 Å². The number of ether oxygens (including phenoxy) is 2. The number of carbonyl (C=O) groups is 1. The number of nitrogens with zero attached hydrogens (tertiary/aromatic N) is 3. The standard InChI is InChI=1S/C26H19F7N4O5/c1-36-21(19-17(27)9-15(41-2)10-18(19)28)20(35-23(39)12-3-6-14(7-4-12)42-25(29)30)24(40)37(36)22-16(26(31,32)33)8-5-13(11-38)34-22/h3-10,25,38H,11H2,1-2H3,(H,35,39). The molecule has 0 bridgehead atoms. The van der Waals surface area contributed by atoms with Crippen molar-refractivity contribution in [1.29, 1.82) is 0 Å². The number of alkyl halides is 5. The van der Waals surface area contributed by atoms with E-state index in [4.69, 9.17) is 4.74 Å². The van der Waals surface area contributed by atoms with Gasteiger partial charge in [0, 0.05) is 24.7 Å². The second kappa shape index (κ2) is 11.6. The van der Waals surface area contributed by atoms with Crippen molar-refractivity contribution in [2.45, 2.75) is 19.4 Å². The van der Waals surface area contributed by atoms with E-state index in [-0.39, 0.29) is 22.8 Å². The molecule has 2 aromatic heterocycles. The molecule has 4 rings (SSSR count). The van der Waals surface area contributed by atoms with Crippen LogP contribution in [0.25, 0.3) is 17.1 Å². The van der Waals surface area contributed by atoms with Gasteiger partial charge in [-0.15, -0.1) is 0 Å². The van der Waals surface area contributed by atoms with Crippen molar-refractivity contribution in [3.05, 3.63) is 87.3 Å². The highest BCUT2D eigenvalue weighted by molar-refractivity contribution is 6.06. The van der Waals surface area contributed by atoms with Crippen LogP contribution in [-0.2, 0) is 19.8 Å². The van der Waals surface area contributed by atoms with Gasteiger partial charge in [0.25, 0.3) is 11.5 Å². The summed E-state index contributed by atoms with van der Waals surface area (Å²) in [6.07, 6.45) is -5.07. The molecule has 0 radical (unpaired) electrons. The van der Waals surface area contributed by atoms with Crippen LogP contribution >= 0.6 is 0 Å². The first-order valence-corrected chi connectivity index (χ1v) is 11.7. The minimum Gasteiger partial charge on any atom is -0.497 e. The van der Waals surface area contributed by atoms with Crippen LogP contribution in [0.15, 0.2) is 53.3 Å². The van der Waals surface area contributed by atoms with E-state index in [2.05, 4.69) is 15.0 Å². The van der Waals surface area contributed by atoms with Gasteiger partial charge < -0.3 is 19.9 Å². The molecule has 0 fully saturated rings. The average molecular weight is 600 g/mol. The molecule has 0 saturated heterocycles. The largest absolute Gasteiger partial charge is 0.497 e. The summed E-state index contributed by atoms with van der Waals surface area (Å²) in [5, 5.41) is 11.6. The molecule has 0 aliphatic rings. The Kier molecular flexibility index (Phi) is 8.28. The Bertz CT molecular complexity index is 1680. The number of nitrogens with one attached hydrogen (secondary N) is 1. The molecule has 42 heavy (non-hydrogen) atoms. The first kappa shape index (κ1) is 30.1. The molecule has 0 aliphatic carbocycles. The Morgan fingerprint density at radius 1 is 1.05 bits per heavy atom. The molecule has 4 aromatic rings. The first-order valence-electron chi connectivity index (χ1n) is 11.7. The molecule has 1 amide bonds. The van der Waals surface area contributed by atoms with Crippen molar-refractivity contribution in [3.8, 4) is 28.6 Å². The lowest BCUT2D eigenvalue weighted by molar-refractivity contribution is -0.137. The minimum absolute atomic E-state index is 0.232. The summed E-state index contributed by atoms with van der Waals surface area (Å²) < 4.78 is 107. The predicted molar refractivity (Wildman–Crippen MR) is 133 cm³/mol. The maximum absolute atomic E-state index is 15.2. The summed E-state index contributed by atoms with van der Waals surface area (Å²) in [5.41, 5.74) is -5.75. The zero-order valence-corrected chi connectivity index (χ0v) is 21.5. The van der Waals surface area contributed by atoms with E-state index < -0.39 is 70.8 Å². The number of anilines is 1. The van der Waals surface area contributed by atoms with Gasteiger partial charge in [-0.1, -0.05) is 0 Å². The lowest BCUT2D eigenvalue weighted by Crippen LogP contribution is -2.26. The number of rotatable bonds is 8. The Balaban J connectivity index is 1.97. The average Bonchev–Trinajstić information content (AvgIpc) is 3.15.